The fourth-order valence-corrected chi connectivity index (χ4v) is 2.32. The third-order valence-electron chi connectivity index (χ3n) is 3.73. The Morgan fingerprint density at radius 1 is 0.964 bits per heavy atom. The van der Waals surface area contributed by atoms with E-state index in [2.05, 4.69) is 20.8 Å². The summed E-state index contributed by atoms with van der Waals surface area (Å²) in [5.41, 5.74) is 0.155. The summed E-state index contributed by atoms with van der Waals surface area (Å²) >= 11 is 0. The predicted octanol–water partition coefficient (Wildman–Crippen LogP) is 4.31. The largest absolute Gasteiger partial charge is 0.416 e. The van der Waals surface area contributed by atoms with Gasteiger partial charge in [-0.05, 0) is 48.0 Å². The van der Waals surface area contributed by atoms with E-state index in [1.54, 1.807) is 12.1 Å². The van der Waals surface area contributed by atoms with Crippen LogP contribution in [0.1, 0.15) is 21.6 Å². The van der Waals surface area contributed by atoms with Crippen LogP contribution < -0.4 is 10.6 Å². The Bertz CT molecular complexity index is 957. The SMILES string of the molecule is O=C(NCc1ccc(F)cc1)c1ccc(Nc2cccc(C(F)(F)F)c2)nn1. The van der Waals surface area contributed by atoms with Crippen molar-refractivity contribution in [3.05, 3.63) is 83.3 Å². The Morgan fingerprint density at radius 2 is 1.71 bits per heavy atom. The second kappa shape index (κ2) is 8.03. The van der Waals surface area contributed by atoms with Crippen LogP contribution >= 0.6 is 0 Å². The average Bonchev–Trinajstić information content (AvgIpc) is 2.67. The molecule has 0 fully saturated rings. The highest BCUT2D eigenvalue weighted by molar-refractivity contribution is 5.92. The van der Waals surface area contributed by atoms with E-state index in [0.717, 1.165) is 12.1 Å². The van der Waals surface area contributed by atoms with Crippen LogP contribution in [-0.2, 0) is 12.7 Å². The molecule has 9 heteroatoms. The maximum Gasteiger partial charge on any atom is 0.416 e. The van der Waals surface area contributed by atoms with Crippen molar-refractivity contribution in [2.24, 2.45) is 0 Å². The van der Waals surface area contributed by atoms with Crippen LogP contribution in [0.25, 0.3) is 0 Å². The average molecular weight is 390 g/mol. The van der Waals surface area contributed by atoms with E-state index >= 15 is 0 Å². The maximum atomic E-state index is 12.9. The van der Waals surface area contributed by atoms with Crippen LogP contribution in [0.15, 0.2) is 60.7 Å². The third-order valence-corrected chi connectivity index (χ3v) is 3.73. The number of hydrogen-bond donors (Lipinski definition) is 2. The van der Waals surface area contributed by atoms with Crippen molar-refractivity contribution < 1.29 is 22.4 Å². The molecule has 0 saturated carbocycles. The van der Waals surface area contributed by atoms with Gasteiger partial charge < -0.3 is 10.6 Å². The monoisotopic (exact) mass is 390 g/mol. The molecule has 0 unspecified atom stereocenters. The lowest BCUT2D eigenvalue weighted by Crippen LogP contribution is -2.24. The lowest BCUT2D eigenvalue weighted by molar-refractivity contribution is -0.137. The summed E-state index contributed by atoms with van der Waals surface area (Å²) in [7, 11) is 0. The van der Waals surface area contributed by atoms with Crippen LogP contribution in [0.5, 0.6) is 0 Å². The number of carbonyl (C=O) groups excluding carboxylic acids is 1. The Labute approximate surface area is 157 Å². The minimum Gasteiger partial charge on any atom is -0.347 e. The predicted molar refractivity (Wildman–Crippen MR) is 94.3 cm³/mol. The highest BCUT2D eigenvalue weighted by atomic mass is 19.4. The molecule has 3 aromatic rings. The van der Waals surface area contributed by atoms with Crippen molar-refractivity contribution in [2.45, 2.75) is 12.7 Å². The zero-order valence-corrected chi connectivity index (χ0v) is 14.3. The Balaban J connectivity index is 1.61. The smallest absolute Gasteiger partial charge is 0.347 e. The van der Waals surface area contributed by atoms with E-state index in [4.69, 9.17) is 0 Å². The quantitative estimate of drug-likeness (QED) is 0.638. The molecule has 0 aliphatic carbocycles. The van der Waals surface area contributed by atoms with Crippen molar-refractivity contribution >= 4 is 17.4 Å². The summed E-state index contributed by atoms with van der Waals surface area (Å²) in [5, 5.41) is 12.9. The molecule has 0 radical (unpaired) electrons. The first-order valence-electron chi connectivity index (χ1n) is 8.12. The van der Waals surface area contributed by atoms with E-state index in [1.807, 2.05) is 0 Å². The Morgan fingerprint density at radius 3 is 2.36 bits per heavy atom. The zero-order chi connectivity index (χ0) is 20.1. The first-order valence-corrected chi connectivity index (χ1v) is 8.12. The first kappa shape index (κ1) is 19.3. The van der Waals surface area contributed by atoms with Gasteiger partial charge in [0, 0.05) is 12.2 Å². The number of anilines is 2. The Hall–Kier alpha value is -3.49. The summed E-state index contributed by atoms with van der Waals surface area (Å²) in [4.78, 5) is 12.1. The maximum absolute atomic E-state index is 12.9. The number of halogens is 4. The fraction of sp³-hybridized carbons (Fsp3) is 0.105. The second-order valence-corrected chi connectivity index (χ2v) is 5.82. The van der Waals surface area contributed by atoms with Crippen molar-refractivity contribution in [1.29, 1.82) is 0 Å². The van der Waals surface area contributed by atoms with Gasteiger partial charge in [0.05, 0.1) is 5.56 Å². The van der Waals surface area contributed by atoms with E-state index in [-0.39, 0.29) is 29.6 Å². The number of nitrogens with zero attached hydrogens (tertiary/aromatic N) is 2. The van der Waals surface area contributed by atoms with Crippen molar-refractivity contribution in [3.8, 4) is 0 Å². The molecule has 5 nitrogen and oxygen atoms in total. The number of rotatable bonds is 5. The number of carbonyl (C=O) groups is 1. The number of hydrogen-bond acceptors (Lipinski definition) is 4. The first-order chi connectivity index (χ1) is 13.3. The minimum atomic E-state index is -4.45. The molecular formula is C19H14F4N4O. The van der Waals surface area contributed by atoms with Gasteiger partial charge in [-0.2, -0.15) is 13.2 Å². The molecule has 0 atom stereocenters. The van der Waals surface area contributed by atoms with Crippen LogP contribution in [0, 0.1) is 5.82 Å². The molecular weight excluding hydrogens is 376 g/mol. The van der Waals surface area contributed by atoms with Gasteiger partial charge in [0.1, 0.15) is 5.82 Å². The van der Waals surface area contributed by atoms with Gasteiger partial charge in [0.2, 0.25) is 0 Å². The zero-order valence-electron chi connectivity index (χ0n) is 14.3. The molecule has 2 N–H and O–H groups in total. The van der Waals surface area contributed by atoms with E-state index < -0.39 is 17.6 Å². The second-order valence-electron chi connectivity index (χ2n) is 5.82. The molecule has 0 saturated heterocycles. The van der Waals surface area contributed by atoms with Crippen molar-refractivity contribution in [3.63, 3.8) is 0 Å². The van der Waals surface area contributed by atoms with Gasteiger partial charge in [0.15, 0.2) is 11.5 Å². The summed E-state index contributed by atoms with van der Waals surface area (Å²) in [6, 6.07) is 13.1. The van der Waals surface area contributed by atoms with Gasteiger partial charge in [-0.25, -0.2) is 4.39 Å². The summed E-state index contributed by atoms with van der Waals surface area (Å²) in [5.74, 6) is -0.665. The molecule has 144 valence electrons. The summed E-state index contributed by atoms with van der Waals surface area (Å²) in [6.07, 6.45) is -4.45. The highest BCUT2D eigenvalue weighted by Gasteiger charge is 2.30. The molecule has 1 aromatic heterocycles. The fourth-order valence-electron chi connectivity index (χ4n) is 2.32. The molecule has 3 rings (SSSR count). The molecule has 28 heavy (non-hydrogen) atoms. The van der Waals surface area contributed by atoms with E-state index in [1.165, 1.54) is 36.4 Å². The Kier molecular flexibility index (Phi) is 5.53. The molecule has 0 bridgehead atoms. The third kappa shape index (κ3) is 5.03. The van der Waals surface area contributed by atoms with Gasteiger partial charge in [0.25, 0.3) is 5.91 Å². The van der Waals surface area contributed by atoms with Crippen LogP contribution in [0.4, 0.5) is 29.1 Å². The molecule has 1 heterocycles. The van der Waals surface area contributed by atoms with Gasteiger partial charge in [-0.1, -0.05) is 18.2 Å². The minimum absolute atomic E-state index is 0.0386. The van der Waals surface area contributed by atoms with Gasteiger partial charge in [-0.3, -0.25) is 4.79 Å². The van der Waals surface area contributed by atoms with Gasteiger partial charge >= 0.3 is 6.18 Å². The number of amides is 1. The molecule has 2 aromatic carbocycles. The standard InChI is InChI=1S/C19H14F4N4O/c20-14-6-4-12(5-7-14)11-24-18(28)16-8-9-17(27-26-16)25-15-3-1-2-13(10-15)19(21,22)23/h1-10H,11H2,(H,24,28)(H,25,27). The number of benzene rings is 2. The lowest BCUT2D eigenvalue weighted by Gasteiger charge is -2.10. The van der Waals surface area contributed by atoms with Crippen molar-refractivity contribution in [1.82, 2.24) is 15.5 Å². The number of alkyl halides is 3. The number of aromatic nitrogens is 2. The number of nitrogens with one attached hydrogen (secondary N) is 2. The van der Waals surface area contributed by atoms with Crippen molar-refractivity contribution in [2.75, 3.05) is 5.32 Å². The molecule has 0 aliphatic heterocycles. The van der Waals surface area contributed by atoms with Crippen LogP contribution in [0.3, 0.4) is 0 Å². The topological polar surface area (TPSA) is 66.9 Å². The normalized spacial score (nSPS) is 11.1. The van der Waals surface area contributed by atoms with Crippen LogP contribution in [0.2, 0.25) is 0 Å². The van der Waals surface area contributed by atoms with Crippen LogP contribution in [-0.4, -0.2) is 16.1 Å². The van der Waals surface area contributed by atoms with E-state index in [0.29, 0.717) is 5.56 Å². The van der Waals surface area contributed by atoms with Gasteiger partial charge in [-0.15, -0.1) is 10.2 Å². The molecule has 0 spiro atoms. The summed E-state index contributed by atoms with van der Waals surface area (Å²) in [6.45, 7) is 0.186. The molecule has 1 amide bonds. The summed E-state index contributed by atoms with van der Waals surface area (Å²) < 4.78 is 51.1. The highest BCUT2D eigenvalue weighted by Crippen LogP contribution is 2.31. The molecule has 0 aliphatic rings. The lowest BCUT2D eigenvalue weighted by atomic mass is 10.2. The van der Waals surface area contributed by atoms with E-state index in [9.17, 15) is 22.4 Å².